The van der Waals surface area contributed by atoms with E-state index >= 15 is 0 Å². The van der Waals surface area contributed by atoms with Gasteiger partial charge < -0.3 is 19.7 Å². The van der Waals surface area contributed by atoms with Gasteiger partial charge in [-0.15, -0.1) is 0 Å². The van der Waals surface area contributed by atoms with Crippen molar-refractivity contribution in [2.24, 2.45) is 0 Å². The van der Waals surface area contributed by atoms with E-state index in [2.05, 4.69) is 20.3 Å². The molecule has 0 aliphatic rings. The Morgan fingerprint density at radius 1 is 1.21 bits per heavy atom. The Labute approximate surface area is 138 Å². The maximum atomic E-state index is 12.8. The molecule has 0 aliphatic carbocycles. The molecule has 1 amide bonds. The van der Waals surface area contributed by atoms with Gasteiger partial charge in [0, 0.05) is 14.1 Å². The third-order valence-electron chi connectivity index (χ3n) is 2.86. The van der Waals surface area contributed by atoms with Gasteiger partial charge in [0.15, 0.2) is 12.4 Å². The van der Waals surface area contributed by atoms with Crippen molar-refractivity contribution in [1.82, 2.24) is 20.3 Å². The molecule has 2 aromatic rings. The lowest BCUT2D eigenvalue weighted by Gasteiger charge is -2.12. The molecule has 1 aromatic carbocycles. The quantitative estimate of drug-likeness (QED) is 0.800. The molecule has 0 spiro atoms. The van der Waals surface area contributed by atoms with Gasteiger partial charge in [-0.1, -0.05) is 0 Å². The lowest BCUT2D eigenvalue weighted by atomic mass is 10.3. The van der Waals surface area contributed by atoms with Crippen molar-refractivity contribution in [3.8, 4) is 11.8 Å². The number of anilines is 1. The van der Waals surface area contributed by atoms with Gasteiger partial charge in [0.1, 0.15) is 11.6 Å². The fourth-order valence-electron chi connectivity index (χ4n) is 1.67. The zero-order chi connectivity index (χ0) is 17.5. The Morgan fingerprint density at radius 3 is 2.54 bits per heavy atom. The first-order valence-electron chi connectivity index (χ1n) is 7.09. The van der Waals surface area contributed by atoms with Crippen LogP contribution >= 0.6 is 0 Å². The van der Waals surface area contributed by atoms with E-state index in [1.807, 2.05) is 0 Å². The second-order valence-corrected chi connectivity index (χ2v) is 4.95. The highest BCUT2D eigenvalue weighted by Crippen LogP contribution is 2.11. The highest BCUT2D eigenvalue weighted by Gasteiger charge is 2.10. The zero-order valence-corrected chi connectivity index (χ0v) is 13.6. The molecule has 0 bridgehead atoms. The maximum Gasteiger partial charge on any atom is 0.321 e. The number of hydrogen-bond acceptors (Lipinski definition) is 7. The fourth-order valence-corrected chi connectivity index (χ4v) is 1.67. The Hall–Kier alpha value is -2.97. The largest absolute Gasteiger partial charge is 0.484 e. The third-order valence-corrected chi connectivity index (χ3v) is 2.86. The van der Waals surface area contributed by atoms with E-state index < -0.39 is 0 Å². The van der Waals surface area contributed by atoms with Crippen LogP contribution in [0.2, 0.25) is 0 Å². The number of benzene rings is 1. The van der Waals surface area contributed by atoms with Crippen molar-refractivity contribution in [2.75, 3.05) is 32.7 Å². The van der Waals surface area contributed by atoms with Gasteiger partial charge in [-0.2, -0.15) is 15.0 Å². The molecule has 24 heavy (non-hydrogen) atoms. The summed E-state index contributed by atoms with van der Waals surface area (Å²) in [5.74, 6) is 0.468. The van der Waals surface area contributed by atoms with Crippen molar-refractivity contribution in [1.29, 1.82) is 0 Å². The lowest BCUT2D eigenvalue weighted by Crippen LogP contribution is -2.29. The van der Waals surface area contributed by atoms with Crippen molar-refractivity contribution in [3.63, 3.8) is 0 Å². The number of ether oxygens (including phenoxy) is 2. The second-order valence-electron chi connectivity index (χ2n) is 4.95. The van der Waals surface area contributed by atoms with Gasteiger partial charge in [0.25, 0.3) is 5.91 Å². The minimum absolute atomic E-state index is 0.103. The Bertz CT molecular complexity index is 694. The summed E-state index contributed by atoms with van der Waals surface area (Å²) in [6.07, 6.45) is 0. The van der Waals surface area contributed by atoms with Crippen LogP contribution in [0, 0.1) is 5.82 Å². The van der Waals surface area contributed by atoms with Crippen LogP contribution in [0.1, 0.15) is 5.82 Å². The van der Waals surface area contributed by atoms with E-state index in [-0.39, 0.29) is 30.9 Å². The van der Waals surface area contributed by atoms with Crippen LogP contribution in [0.4, 0.5) is 10.3 Å². The van der Waals surface area contributed by atoms with E-state index in [1.165, 1.54) is 31.4 Å². The predicted octanol–water partition coefficient (Wildman–Crippen LogP) is 0.780. The number of amides is 1. The van der Waals surface area contributed by atoms with Crippen LogP contribution < -0.4 is 19.7 Å². The van der Waals surface area contributed by atoms with E-state index in [0.717, 1.165) is 0 Å². The Balaban J connectivity index is 1.89. The summed E-state index contributed by atoms with van der Waals surface area (Å²) in [4.78, 5) is 25.9. The number of carbonyl (C=O) groups excluding carboxylic acids is 1. The molecule has 0 unspecified atom stereocenters. The van der Waals surface area contributed by atoms with Crippen LogP contribution in [-0.2, 0) is 11.3 Å². The number of nitrogens with zero attached hydrogens (tertiary/aromatic N) is 4. The highest BCUT2D eigenvalue weighted by atomic mass is 19.1. The summed E-state index contributed by atoms with van der Waals surface area (Å²) in [6, 6.07) is 5.58. The summed E-state index contributed by atoms with van der Waals surface area (Å²) >= 11 is 0. The molecule has 2 rings (SSSR count). The SMILES string of the molecule is COc1nc(CNC(=O)COc2ccc(F)cc2)nc(N(C)C)n1. The van der Waals surface area contributed by atoms with Crippen LogP contribution in [0.3, 0.4) is 0 Å². The van der Waals surface area contributed by atoms with E-state index in [4.69, 9.17) is 9.47 Å². The van der Waals surface area contributed by atoms with E-state index in [1.54, 1.807) is 19.0 Å². The zero-order valence-electron chi connectivity index (χ0n) is 13.6. The average Bonchev–Trinajstić information content (AvgIpc) is 2.59. The molecule has 0 radical (unpaired) electrons. The van der Waals surface area contributed by atoms with E-state index in [0.29, 0.717) is 17.5 Å². The van der Waals surface area contributed by atoms with Crippen molar-refractivity contribution in [3.05, 3.63) is 35.9 Å². The summed E-state index contributed by atoms with van der Waals surface area (Å²) in [6.45, 7) is -0.0975. The number of methoxy groups -OCH3 is 1. The summed E-state index contributed by atoms with van der Waals surface area (Å²) in [5.41, 5.74) is 0. The number of rotatable bonds is 7. The summed E-state index contributed by atoms with van der Waals surface area (Å²) < 4.78 is 23.0. The minimum Gasteiger partial charge on any atom is -0.484 e. The molecule has 0 saturated carbocycles. The number of nitrogens with one attached hydrogen (secondary N) is 1. The highest BCUT2D eigenvalue weighted by molar-refractivity contribution is 5.77. The molecule has 8 nitrogen and oxygen atoms in total. The number of aromatic nitrogens is 3. The molecular formula is C15H18FN5O3. The number of carbonyl (C=O) groups is 1. The average molecular weight is 335 g/mol. The summed E-state index contributed by atoms with van der Waals surface area (Å²) in [5, 5.41) is 2.63. The normalized spacial score (nSPS) is 10.2. The van der Waals surface area contributed by atoms with Gasteiger partial charge in [0.05, 0.1) is 13.7 Å². The number of halogens is 1. The molecule has 0 atom stereocenters. The van der Waals surface area contributed by atoms with Crippen molar-refractivity contribution >= 4 is 11.9 Å². The van der Waals surface area contributed by atoms with Gasteiger partial charge in [-0.05, 0) is 24.3 Å². The lowest BCUT2D eigenvalue weighted by molar-refractivity contribution is -0.123. The standard InChI is InChI=1S/C15H18FN5O3/c1-21(2)14-18-12(19-15(20-14)23-3)8-17-13(22)9-24-11-6-4-10(16)5-7-11/h4-7H,8-9H2,1-3H3,(H,17,22). The second kappa shape index (κ2) is 8.04. The van der Waals surface area contributed by atoms with Crippen molar-refractivity contribution in [2.45, 2.75) is 6.54 Å². The molecule has 0 saturated heterocycles. The van der Waals surface area contributed by atoms with Crippen LogP contribution in [0.5, 0.6) is 11.8 Å². The van der Waals surface area contributed by atoms with Crippen LogP contribution in [-0.4, -0.2) is 48.7 Å². The van der Waals surface area contributed by atoms with Gasteiger partial charge in [-0.3, -0.25) is 4.79 Å². The van der Waals surface area contributed by atoms with Crippen molar-refractivity contribution < 1.29 is 18.7 Å². The van der Waals surface area contributed by atoms with Crippen LogP contribution in [0.15, 0.2) is 24.3 Å². The molecule has 9 heteroatoms. The van der Waals surface area contributed by atoms with Crippen LogP contribution in [0.25, 0.3) is 0 Å². The number of hydrogen-bond donors (Lipinski definition) is 1. The Kier molecular flexibility index (Phi) is 5.83. The maximum absolute atomic E-state index is 12.8. The third kappa shape index (κ3) is 5.04. The van der Waals surface area contributed by atoms with Gasteiger partial charge in [-0.25, -0.2) is 4.39 Å². The summed E-state index contributed by atoms with van der Waals surface area (Å²) in [7, 11) is 5.02. The molecule has 128 valence electrons. The predicted molar refractivity (Wildman–Crippen MR) is 84.4 cm³/mol. The first-order valence-corrected chi connectivity index (χ1v) is 7.09. The molecule has 1 N–H and O–H groups in total. The smallest absolute Gasteiger partial charge is 0.321 e. The molecular weight excluding hydrogens is 317 g/mol. The molecule has 1 aromatic heterocycles. The van der Waals surface area contributed by atoms with E-state index in [9.17, 15) is 9.18 Å². The minimum atomic E-state index is -0.368. The monoisotopic (exact) mass is 335 g/mol. The fraction of sp³-hybridized carbons (Fsp3) is 0.333. The Morgan fingerprint density at radius 2 is 1.92 bits per heavy atom. The first-order chi connectivity index (χ1) is 11.5. The van der Waals surface area contributed by atoms with Gasteiger partial charge in [0.2, 0.25) is 5.95 Å². The topological polar surface area (TPSA) is 89.5 Å². The molecule has 1 heterocycles. The van der Waals surface area contributed by atoms with Gasteiger partial charge >= 0.3 is 6.01 Å². The molecule has 0 aliphatic heterocycles. The molecule has 0 fully saturated rings. The first kappa shape index (κ1) is 17.4.